The van der Waals surface area contributed by atoms with Gasteiger partial charge in [0.1, 0.15) is 18.1 Å². The third-order valence-electron chi connectivity index (χ3n) is 6.67. The first-order chi connectivity index (χ1) is 19.9. The van der Waals surface area contributed by atoms with E-state index in [1.165, 1.54) is 12.5 Å². The Labute approximate surface area is 241 Å². The number of carbonyl (C=O) groups excluding carboxylic acids is 3. The maximum atomic E-state index is 13.6. The molecule has 3 aromatic rings. The van der Waals surface area contributed by atoms with E-state index in [0.717, 1.165) is 10.9 Å². The van der Waals surface area contributed by atoms with E-state index in [-0.39, 0.29) is 38.0 Å². The molecule has 0 spiro atoms. The fourth-order valence-corrected chi connectivity index (χ4v) is 4.48. The molecule has 9 N–H and O–H groups in total. The van der Waals surface area contributed by atoms with Crippen LogP contribution in [0, 0.1) is 5.92 Å². The van der Waals surface area contributed by atoms with E-state index < -0.39 is 53.8 Å². The summed E-state index contributed by atoms with van der Waals surface area (Å²) in [6, 6.07) is 2.63. The van der Waals surface area contributed by atoms with Crippen LogP contribution in [0.25, 0.3) is 10.9 Å². The molecule has 14 nitrogen and oxygen atoms in total. The summed E-state index contributed by atoms with van der Waals surface area (Å²) in [6.07, 6.45) is 4.29. The second-order valence-electron chi connectivity index (χ2n) is 10.5. The number of aliphatic carboxylic acids is 2. The molecule has 226 valence electrons. The molecule has 1 aromatic carbocycles. The van der Waals surface area contributed by atoms with Gasteiger partial charge in [-0.15, -0.1) is 0 Å². The van der Waals surface area contributed by atoms with Gasteiger partial charge >= 0.3 is 11.9 Å². The number of nitrogens with zero attached hydrogens (tertiary/aromatic N) is 1. The summed E-state index contributed by atoms with van der Waals surface area (Å²) in [5.74, 6) is -4.50. The van der Waals surface area contributed by atoms with Crippen molar-refractivity contribution in [1.29, 1.82) is 0 Å². The molecular formula is C28H37N7O7. The predicted octanol–water partition coefficient (Wildman–Crippen LogP) is 0.453. The molecule has 3 rings (SSSR count). The van der Waals surface area contributed by atoms with Crippen LogP contribution in [0.1, 0.15) is 44.4 Å². The first-order valence-corrected chi connectivity index (χ1v) is 13.6. The summed E-state index contributed by atoms with van der Waals surface area (Å²) in [7, 11) is 0. The minimum Gasteiger partial charge on any atom is -0.481 e. The minimum atomic E-state index is -1.21. The molecule has 0 aliphatic carbocycles. The van der Waals surface area contributed by atoms with Gasteiger partial charge in [0.15, 0.2) is 0 Å². The van der Waals surface area contributed by atoms with Crippen molar-refractivity contribution in [3.8, 4) is 0 Å². The first-order valence-electron chi connectivity index (χ1n) is 13.6. The molecule has 42 heavy (non-hydrogen) atoms. The molecule has 0 bridgehead atoms. The van der Waals surface area contributed by atoms with E-state index >= 15 is 0 Å². The lowest BCUT2D eigenvalue weighted by Crippen LogP contribution is -2.58. The van der Waals surface area contributed by atoms with E-state index in [2.05, 4.69) is 30.9 Å². The number of hydrogen-bond acceptors (Lipinski definition) is 7. The molecule has 0 saturated heterocycles. The SMILES string of the molecule is CC(C)CC(NC(=O)C(Cc1c[nH]c2ccccc12)NC(=O)C(Cc1cnc[nH]1)NC(=O)C(N)CCC(=O)O)C(=O)O. The topological polar surface area (TPSA) is 232 Å². The quantitative estimate of drug-likeness (QED) is 0.117. The Morgan fingerprint density at radius 2 is 1.55 bits per heavy atom. The fraction of sp³-hybridized carbons (Fsp3) is 0.429. The normalized spacial score (nSPS) is 14.1. The minimum absolute atomic E-state index is 0.0209. The largest absolute Gasteiger partial charge is 0.481 e. The van der Waals surface area contributed by atoms with Crippen molar-refractivity contribution >= 4 is 40.6 Å². The van der Waals surface area contributed by atoms with Crippen molar-refractivity contribution in [3.05, 3.63) is 54.2 Å². The lowest BCUT2D eigenvalue weighted by atomic mass is 10.0. The number of benzene rings is 1. The van der Waals surface area contributed by atoms with Gasteiger partial charge in [-0.1, -0.05) is 32.0 Å². The van der Waals surface area contributed by atoms with Crippen molar-refractivity contribution in [1.82, 2.24) is 30.9 Å². The van der Waals surface area contributed by atoms with E-state index in [9.17, 15) is 29.1 Å². The maximum Gasteiger partial charge on any atom is 0.326 e. The zero-order valence-corrected chi connectivity index (χ0v) is 23.4. The van der Waals surface area contributed by atoms with Crippen LogP contribution < -0.4 is 21.7 Å². The number of para-hydroxylation sites is 1. The third kappa shape index (κ3) is 9.16. The molecule has 0 aliphatic heterocycles. The van der Waals surface area contributed by atoms with Gasteiger partial charge in [-0.25, -0.2) is 9.78 Å². The number of rotatable bonds is 16. The Bertz CT molecular complexity index is 1390. The number of imidazole rings is 1. The number of hydrogen-bond donors (Lipinski definition) is 8. The van der Waals surface area contributed by atoms with Crippen LogP contribution >= 0.6 is 0 Å². The highest BCUT2D eigenvalue weighted by atomic mass is 16.4. The van der Waals surface area contributed by atoms with Crippen molar-refractivity contribution in [2.24, 2.45) is 11.7 Å². The van der Waals surface area contributed by atoms with Gasteiger partial charge < -0.3 is 41.9 Å². The summed E-state index contributed by atoms with van der Waals surface area (Å²) in [5, 5.41) is 27.2. The Hall–Kier alpha value is -4.72. The molecular weight excluding hydrogens is 546 g/mol. The Morgan fingerprint density at radius 3 is 2.17 bits per heavy atom. The molecule has 0 aliphatic rings. The van der Waals surface area contributed by atoms with E-state index in [1.807, 2.05) is 38.1 Å². The average molecular weight is 584 g/mol. The summed E-state index contributed by atoms with van der Waals surface area (Å²) in [5.41, 5.74) is 7.90. The Kier molecular flexibility index (Phi) is 11.2. The van der Waals surface area contributed by atoms with Crippen molar-refractivity contribution in [2.45, 2.75) is 70.1 Å². The smallest absolute Gasteiger partial charge is 0.326 e. The van der Waals surface area contributed by atoms with Gasteiger partial charge in [-0.05, 0) is 30.4 Å². The van der Waals surface area contributed by atoms with Gasteiger partial charge in [0, 0.05) is 48.3 Å². The molecule has 4 atom stereocenters. The molecule has 0 radical (unpaired) electrons. The predicted molar refractivity (Wildman–Crippen MR) is 152 cm³/mol. The summed E-state index contributed by atoms with van der Waals surface area (Å²) in [4.78, 5) is 72.5. The molecule has 2 aromatic heterocycles. The fourth-order valence-electron chi connectivity index (χ4n) is 4.48. The molecule has 4 unspecified atom stereocenters. The van der Waals surface area contributed by atoms with Gasteiger partial charge in [0.25, 0.3) is 0 Å². The first kappa shape index (κ1) is 31.8. The lowest BCUT2D eigenvalue weighted by molar-refractivity contribution is -0.143. The van der Waals surface area contributed by atoms with Crippen molar-refractivity contribution in [3.63, 3.8) is 0 Å². The standard InChI is InChI=1S/C28H37N7O7/c1-15(2)9-23(28(41)42)35-26(39)21(10-16-12-31-20-6-4-3-5-18(16)20)34-27(40)22(11-17-13-30-14-32-17)33-25(38)19(29)7-8-24(36)37/h3-6,12-15,19,21-23,31H,7-11,29H2,1-2H3,(H,30,32)(H,33,38)(H,34,40)(H,35,39)(H,36,37)(H,41,42). The van der Waals surface area contributed by atoms with Crippen LogP contribution in [0.3, 0.4) is 0 Å². The molecule has 14 heteroatoms. The Morgan fingerprint density at radius 1 is 0.905 bits per heavy atom. The third-order valence-corrected chi connectivity index (χ3v) is 6.67. The van der Waals surface area contributed by atoms with Crippen LogP contribution in [-0.2, 0) is 36.8 Å². The van der Waals surface area contributed by atoms with Crippen molar-refractivity contribution < 1.29 is 34.2 Å². The highest BCUT2D eigenvalue weighted by molar-refractivity contribution is 5.95. The number of carboxylic acid groups (broad SMARTS) is 2. The number of nitrogens with one attached hydrogen (secondary N) is 5. The average Bonchev–Trinajstić information content (AvgIpc) is 3.60. The number of aromatic nitrogens is 3. The van der Waals surface area contributed by atoms with Crippen molar-refractivity contribution in [2.75, 3.05) is 0 Å². The number of aromatic amines is 2. The summed E-state index contributed by atoms with van der Waals surface area (Å²) < 4.78 is 0. The summed E-state index contributed by atoms with van der Waals surface area (Å²) >= 11 is 0. The van der Waals surface area contributed by atoms with Gasteiger partial charge in [-0.2, -0.15) is 0 Å². The number of H-pyrrole nitrogens is 2. The zero-order valence-electron chi connectivity index (χ0n) is 23.4. The molecule has 0 saturated carbocycles. The summed E-state index contributed by atoms with van der Waals surface area (Å²) in [6.45, 7) is 3.66. The van der Waals surface area contributed by atoms with Crippen LogP contribution in [0.5, 0.6) is 0 Å². The number of carbonyl (C=O) groups is 5. The van der Waals surface area contributed by atoms with Gasteiger partial charge in [0.05, 0.1) is 12.4 Å². The van der Waals surface area contributed by atoms with Crippen LogP contribution in [0.4, 0.5) is 0 Å². The molecule has 3 amide bonds. The maximum absolute atomic E-state index is 13.6. The van der Waals surface area contributed by atoms with Crippen LogP contribution in [0.2, 0.25) is 0 Å². The van der Waals surface area contributed by atoms with Crippen LogP contribution in [0.15, 0.2) is 43.0 Å². The van der Waals surface area contributed by atoms with E-state index in [4.69, 9.17) is 10.8 Å². The van der Waals surface area contributed by atoms with Gasteiger partial charge in [-0.3, -0.25) is 19.2 Å². The van der Waals surface area contributed by atoms with E-state index in [1.54, 1.807) is 6.20 Å². The molecule has 0 fully saturated rings. The zero-order chi connectivity index (χ0) is 30.8. The van der Waals surface area contributed by atoms with Gasteiger partial charge in [0.2, 0.25) is 17.7 Å². The monoisotopic (exact) mass is 583 g/mol. The highest BCUT2D eigenvalue weighted by Crippen LogP contribution is 2.19. The lowest BCUT2D eigenvalue weighted by Gasteiger charge is -2.25. The second kappa shape index (κ2) is 14.8. The number of amides is 3. The second-order valence-corrected chi connectivity index (χ2v) is 10.5. The highest BCUT2D eigenvalue weighted by Gasteiger charge is 2.31. The number of carboxylic acids is 2. The molecule has 2 heterocycles. The number of nitrogens with two attached hydrogens (primary N) is 1. The van der Waals surface area contributed by atoms with E-state index in [0.29, 0.717) is 11.3 Å². The number of fused-ring (bicyclic) bond motifs is 1. The Balaban J connectivity index is 1.86. The van der Waals surface area contributed by atoms with Crippen LogP contribution in [-0.4, -0.2) is 79.0 Å².